The Labute approximate surface area is 138 Å². The van der Waals surface area contributed by atoms with Gasteiger partial charge in [-0.3, -0.25) is 0 Å². The van der Waals surface area contributed by atoms with E-state index < -0.39 is 0 Å². The number of carbonyl (C=O) groups excluding carboxylic acids is 1. The Morgan fingerprint density at radius 3 is 2.35 bits per heavy atom. The molecule has 0 saturated carbocycles. The molecule has 0 unspecified atom stereocenters. The Kier molecular flexibility index (Phi) is 4.57. The first-order valence-corrected chi connectivity index (χ1v) is 8.19. The number of ether oxygens (including phenoxy) is 1. The molecule has 0 spiro atoms. The predicted octanol–water partition coefficient (Wildman–Crippen LogP) is 4.02. The fraction of sp³-hybridized carbons (Fsp3) is 0.167. The molecule has 0 fully saturated rings. The van der Waals surface area contributed by atoms with E-state index in [0.29, 0.717) is 5.56 Å². The maximum absolute atomic E-state index is 11.4. The summed E-state index contributed by atoms with van der Waals surface area (Å²) < 4.78 is 4.70. The molecule has 0 aliphatic heterocycles. The Morgan fingerprint density at radius 2 is 1.70 bits per heavy atom. The highest BCUT2D eigenvalue weighted by Crippen LogP contribution is 2.25. The van der Waals surface area contributed by atoms with Crippen molar-refractivity contribution in [1.82, 2.24) is 9.97 Å². The normalized spacial score (nSPS) is 10.7. The van der Waals surface area contributed by atoms with E-state index in [2.05, 4.69) is 9.97 Å². The number of benzene rings is 2. The third-order valence-corrected chi connectivity index (χ3v) is 4.59. The molecule has 1 aromatic heterocycles. The summed E-state index contributed by atoms with van der Waals surface area (Å²) in [5.74, 6) is 0.454. The molecule has 1 heterocycles. The van der Waals surface area contributed by atoms with Gasteiger partial charge in [0, 0.05) is 5.75 Å². The fourth-order valence-electron chi connectivity index (χ4n) is 2.22. The molecule has 2 aromatic carbocycles. The number of methoxy groups -OCH3 is 1. The van der Waals surface area contributed by atoms with Crippen LogP contribution in [0.25, 0.3) is 11.0 Å². The van der Waals surface area contributed by atoms with E-state index in [4.69, 9.17) is 4.74 Å². The third kappa shape index (κ3) is 3.51. The molecule has 23 heavy (non-hydrogen) atoms. The summed E-state index contributed by atoms with van der Waals surface area (Å²) >= 11 is 1.65. The van der Waals surface area contributed by atoms with Crippen LogP contribution in [-0.4, -0.2) is 23.0 Å². The average molecular weight is 324 g/mol. The fourth-order valence-corrected chi connectivity index (χ4v) is 3.13. The number of carbonyl (C=O) groups is 1. The topological polar surface area (TPSA) is 52.1 Å². The molecule has 3 rings (SSSR count). The van der Waals surface area contributed by atoms with Gasteiger partial charge in [-0.1, -0.05) is 36.0 Å². The molecule has 0 aliphatic rings. The molecule has 116 valence electrons. The zero-order valence-corrected chi connectivity index (χ0v) is 13.8. The van der Waals surface area contributed by atoms with Crippen LogP contribution in [0.1, 0.15) is 21.6 Å². The van der Waals surface area contributed by atoms with E-state index in [1.807, 2.05) is 43.3 Å². The second kappa shape index (κ2) is 6.79. The van der Waals surface area contributed by atoms with Crippen molar-refractivity contribution in [3.05, 3.63) is 65.4 Å². The van der Waals surface area contributed by atoms with Crippen molar-refractivity contribution in [2.75, 3.05) is 7.11 Å². The summed E-state index contributed by atoms with van der Waals surface area (Å²) in [6.07, 6.45) is 0. The number of thioether (sulfide) groups is 1. The van der Waals surface area contributed by atoms with E-state index in [0.717, 1.165) is 33.1 Å². The van der Waals surface area contributed by atoms with Gasteiger partial charge in [0.05, 0.1) is 29.4 Å². The minimum Gasteiger partial charge on any atom is -0.465 e. The van der Waals surface area contributed by atoms with Crippen molar-refractivity contribution >= 4 is 28.8 Å². The molecular weight excluding hydrogens is 308 g/mol. The van der Waals surface area contributed by atoms with Gasteiger partial charge in [-0.05, 0) is 36.8 Å². The van der Waals surface area contributed by atoms with Gasteiger partial charge >= 0.3 is 5.97 Å². The summed E-state index contributed by atoms with van der Waals surface area (Å²) in [6.45, 7) is 1.97. The number of fused-ring (bicyclic) bond motifs is 1. The van der Waals surface area contributed by atoms with Crippen molar-refractivity contribution in [3.8, 4) is 0 Å². The number of rotatable bonds is 4. The average Bonchev–Trinajstić information content (AvgIpc) is 2.59. The van der Waals surface area contributed by atoms with Crippen LogP contribution in [0.3, 0.4) is 0 Å². The van der Waals surface area contributed by atoms with Gasteiger partial charge in [0.25, 0.3) is 0 Å². The van der Waals surface area contributed by atoms with E-state index in [-0.39, 0.29) is 5.97 Å². The minimum atomic E-state index is -0.319. The molecule has 0 saturated heterocycles. The van der Waals surface area contributed by atoms with Gasteiger partial charge in [-0.25, -0.2) is 14.8 Å². The number of nitrogens with zero attached hydrogens (tertiary/aromatic N) is 2. The first-order valence-electron chi connectivity index (χ1n) is 7.21. The summed E-state index contributed by atoms with van der Waals surface area (Å²) in [5, 5.41) is 0.931. The molecule has 0 N–H and O–H groups in total. The molecule has 0 atom stereocenters. The molecule has 3 aromatic rings. The smallest absolute Gasteiger partial charge is 0.337 e. The van der Waals surface area contributed by atoms with E-state index >= 15 is 0 Å². The summed E-state index contributed by atoms with van der Waals surface area (Å²) in [6, 6.07) is 15.3. The van der Waals surface area contributed by atoms with E-state index in [1.54, 1.807) is 23.9 Å². The largest absolute Gasteiger partial charge is 0.465 e. The maximum atomic E-state index is 11.4. The number of hydrogen-bond acceptors (Lipinski definition) is 5. The van der Waals surface area contributed by atoms with Gasteiger partial charge in [0.2, 0.25) is 0 Å². The van der Waals surface area contributed by atoms with Crippen LogP contribution in [0.15, 0.2) is 53.6 Å². The Bertz CT molecular complexity index is 847. The Hall–Kier alpha value is -2.40. The molecular formula is C18H16N2O2S. The van der Waals surface area contributed by atoms with Gasteiger partial charge in [-0.15, -0.1) is 0 Å². The quantitative estimate of drug-likeness (QED) is 0.536. The Morgan fingerprint density at radius 1 is 1.04 bits per heavy atom. The van der Waals surface area contributed by atoms with Crippen molar-refractivity contribution in [1.29, 1.82) is 0 Å². The van der Waals surface area contributed by atoms with Crippen LogP contribution < -0.4 is 0 Å². The highest BCUT2D eigenvalue weighted by molar-refractivity contribution is 7.98. The lowest BCUT2D eigenvalue weighted by atomic mass is 10.1. The van der Waals surface area contributed by atoms with Crippen molar-refractivity contribution < 1.29 is 9.53 Å². The van der Waals surface area contributed by atoms with Crippen LogP contribution in [0.4, 0.5) is 0 Å². The number of aryl methyl sites for hydroxylation is 1. The number of aromatic nitrogens is 2. The van der Waals surface area contributed by atoms with Crippen molar-refractivity contribution in [2.24, 2.45) is 0 Å². The zero-order valence-electron chi connectivity index (χ0n) is 12.9. The number of para-hydroxylation sites is 2. The first kappa shape index (κ1) is 15.5. The molecule has 0 aliphatic carbocycles. The van der Waals surface area contributed by atoms with Gasteiger partial charge in [0.15, 0.2) is 0 Å². The Balaban J connectivity index is 1.75. The van der Waals surface area contributed by atoms with Gasteiger partial charge in [0.1, 0.15) is 5.03 Å². The standard InChI is InChI=1S/C18H16N2O2S/c1-12-17(20-16-6-4-3-5-15(16)19-12)23-11-13-7-9-14(10-8-13)18(21)22-2/h3-10H,11H2,1-2H3. The molecule has 0 radical (unpaired) electrons. The highest BCUT2D eigenvalue weighted by atomic mass is 32.2. The van der Waals surface area contributed by atoms with Gasteiger partial charge < -0.3 is 4.74 Å². The molecule has 0 bridgehead atoms. The van der Waals surface area contributed by atoms with Crippen molar-refractivity contribution in [2.45, 2.75) is 17.7 Å². The number of hydrogen-bond donors (Lipinski definition) is 0. The summed E-state index contributed by atoms with van der Waals surface area (Å²) in [5.41, 5.74) is 4.43. The lowest BCUT2D eigenvalue weighted by Gasteiger charge is -2.07. The maximum Gasteiger partial charge on any atom is 0.337 e. The van der Waals surface area contributed by atoms with Crippen LogP contribution in [0, 0.1) is 6.92 Å². The third-order valence-electron chi connectivity index (χ3n) is 3.45. The lowest BCUT2D eigenvalue weighted by molar-refractivity contribution is 0.0600. The first-order chi connectivity index (χ1) is 11.2. The van der Waals surface area contributed by atoms with Crippen molar-refractivity contribution in [3.63, 3.8) is 0 Å². The minimum absolute atomic E-state index is 0.319. The van der Waals surface area contributed by atoms with Crippen LogP contribution in [-0.2, 0) is 10.5 Å². The summed E-state index contributed by atoms with van der Waals surface area (Å²) in [7, 11) is 1.38. The van der Waals surface area contributed by atoms with E-state index in [1.165, 1.54) is 7.11 Å². The highest BCUT2D eigenvalue weighted by Gasteiger charge is 2.07. The molecule has 0 amide bonds. The lowest BCUT2D eigenvalue weighted by Crippen LogP contribution is -2.00. The van der Waals surface area contributed by atoms with E-state index in [9.17, 15) is 4.79 Å². The van der Waals surface area contributed by atoms with Crippen LogP contribution in [0.5, 0.6) is 0 Å². The molecule has 4 nitrogen and oxygen atoms in total. The monoisotopic (exact) mass is 324 g/mol. The van der Waals surface area contributed by atoms with Crippen LogP contribution in [0.2, 0.25) is 0 Å². The van der Waals surface area contributed by atoms with Gasteiger partial charge in [-0.2, -0.15) is 0 Å². The second-order valence-electron chi connectivity index (χ2n) is 5.08. The predicted molar refractivity (Wildman–Crippen MR) is 91.6 cm³/mol. The SMILES string of the molecule is COC(=O)c1ccc(CSc2nc3ccccc3nc2C)cc1. The van der Waals surface area contributed by atoms with Crippen LogP contribution >= 0.6 is 11.8 Å². The summed E-state index contributed by atoms with van der Waals surface area (Å²) in [4.78, 5) is 20.7. The second-order valence-corrected chi connectivity index (χ2v) is 6.04. The molecule has 5 heteroatoms. The zero-order chi connectivity index (χ0) is 16.2. The number of esters is 1.